The van der Waals surface area contributed by atoms with Crippen molar-refractivity contribution in [1.82, 2.24) is 20.0 Å². The molecule has 6 nitrogen and oxygen atoms in total. The van der Waals surface area contributed by atoms with Crippen LogP contribution in [0.2, 0.25) is 0 Å². The average molecular weight is 461 g/mol. The quantitative estimate of drug-likeness (QED) is 0.460. The largest absolute Gasteiger partial charge is 0.350 e. The molecule has 0 aliphatic heterocycles. The second-order valence-corrected chi connectivity index (χ2v) is 7.82. The smallest absolute Gasteiger partial charge is 0.274 e. The second-order valence-electron chi connectivity index (χ2n) is 5.93. The minimum atomic E-state index is -0.366. The van der Waals surface area contributed by atoms with Gasteiger partial charge in [-0.2, -0.15) is 4.98 Å². The Labute approximate surface area is 172 Å². The van der Waals surface area contributed by atoms with Crippen molar-refractivity contribution in [2.45, 2.75) is 13.1 Å². The summed E-state index contributed by atoms with van der Waals surface area (Å²) in [6.07, 6.45) is 1.78. The number of nitrogens with one attached hydrogen (secondary N) is 1. The summed E-state index contributed by atoms with van der Waals surface area (Å²) in [6.45, 7) is 0.630. The fourth-order valence-corrected chi connectivity index (χ4v) is 3.66. The van der Waals surface area contributed by atoms with Crippen LogP contribution in [-0.2, 0) is 17.9 Å². The van der Waals surface area contributed by atoms with E-state index in [0.717, 1.165) is 4.88 Å². The molecule has 0 spiro atoms. The molecule has 1 amide bonds. The number of carbonyl (C=O) groups excluding carboxylic acids is 1. The van der Waals surface area contributed by atoms with Gasteiger partial charge in [0.1, 0.15) is 18.1 Å². The molecular formula is C19H14BrFN4O2S. The van der Waals surface area contributed by atoms with Crippen LogP contribution < -0.4 is 5.32 Å². The maximum absolute atomic E-state index is 13.4. The molecule has 0 saturated carbocycles. The first-order valence-electron chi connectivity index (χ1n) is 8.34. The van der Waals surface area contributed by atoms with E-state index in [1.165, 1.54) is 6.07 Å². The summed E-state index contributed by atoms with van der Waals surface area (Å²) in [5.74, 6) is 0.139. The molecule has 0 aliphatic rings. The molecular weight excluding hydrogens is 447 g/mol. The molecule has 142 valence electrons. The topological polar surface area (TPSA) is 73.0 Å². The fourth-order valence-electron chi connectivity index (χ4n) is 2.64. The lowest BCUT2D eigenvalue weighted by molar-refractivity contribution is -0.121. The van der Waals surface area contributed by atoms with Gasteiger partial charge in [0, 0.05) is 16.6 Å². The van der Waals surface area contributed by atoms with Gasteiger partial charge in [-0.25, -0.2) is 4.39 Å². The highest BCUT2D eigenvalue weighted by molar-refractivity contribution is 9.10. The summed E-state index contributed by atoms with van der Waals surface area (Å²) < 4.78 is 20.8. The summed E-state index contributed by atoms with van der Waals surface area (Å²) in [7, 11) is 0. The number of amides is 1. The Kier molecular flexibility index (Phi) is 5.36. The monoisotopic (exact) mass is 460 g/mol. The van der Waals surface area contributed by atoms with E-state index in [4.69, 9.17) is 4.52 Å². The maximum atomic E-state index is 13.4. The fraction of sp³-hybridized carbons (Fsp3) is 0.105. The molecule has 0 aliphatic carbocycles. The second kappa shape index (κ2) is 8.07. The number of hydrogen-bond acceptors (Lipinski definition) is 5. The van der Waals surface area contributed by atoms with Crippen LogP contribution >= 0.6 is 27.3 Å². The van der Waals surface area contributed by atoms with Crippen LogP contribution in [0.4, 0.5) is 4.39 Å². The molecule has 4 rings (SSSR count). The molecule has 28 heavy (non-hydrogen) atoms. The number of benzene rings is 1. The SMILES string of the molecule is O=C(Cn1cccc1-c1nc(-c2ccc(F)c(Br)c2)no1)NCc1cccs1. The van der Waals surface area contributed by atoms with E-state index >= 15 is 0 Å². The van der Waals surface area contributed by atoms with Crippen molar-refractivity contribution in [3.8, 4) is 23.0 Å². The summed E-state index contributed by atoms with van der Waals surface area (Å²) in [5, 5.41) is 8.82. The van der Waals surface area contributed by atoms with Gasteiger partial charge < -0.3 is 14.4 Å². The molecule has 0 unspecified atom stereocenters. The minimum absolute atomic E-state index is 0.118. The zero-order valence-corrected chi connectivity index (χ0v) is 16.8. The van der Waals surface area contributed by atoms with Gasteiger partial charge in [0.05, 0.1) is 11.0 Å². The molecule has 9 heteroatoms. The van der Waals surface area contributed by atoms with Crippen LogP contribution in [0.1, 0.15) is 4.88 Å². The summed E-state index contributed by atoms with van der Waals surface area (Å²) in [4.78, 5) is 17.7. The van der Waals surface area contributed by atoms with Gasteiger partial charge in [0.15, 0.2) is 0 Å². The highest BCUT2D eigenvalue weighted by Gasteiger charge is 2.16. The van der Waals surface area contributed by atoms with E-state index in [-0.39, 0.29) is 24.2 Å². The predicted molar refractivity (Wildman–Crippen MR) is 107 cm³/mol. The van der Waals surface area contributed by atoms with Gasteiger partial charge in [-0.15, -0.1) is 11.3 Å². The van der Waals surface area contributed by atoms with Gasteiger partial charge in [0.25, 0.3) is 5.89 Å². The highest BCUT2D eigenvalue weighted by atomic mass is 79.9. The van der Waals surface area contributed by atoms with Crippen molar-refractivity contribution < 1.29 is 13.7 Å². The van der Waals surface area contributed by atoms with Crippen molar-refractivity contribution in [2.24, 2.45) is 0 Å². The van der Waals surface area contributed by atoms with Crippen molar-refractivity contribution in [3.05, 3.63) is 69.2 Å². The van der Waals surface area contributed by atoms with Crippen molar-refractivity contribution >= 4 is 33.2 Å². The maximum Gasteiger partial charge on any atom is 0.274 e. The molecule has 0 bridgehead atoms. The lowest BCUT2D eigenvalue weighted by Gasteiger charge is -2.07. The third kappa shape index (κ3) is 4.05. The van der Waals surface area contributed by atoms with Crippen LogP contribution in [0.15, 0.2) is 63.0 Å². The van der Waals surface area contributed by atoms with E-state index in [1.54, 1.807) is 46.4 Å². The lowest BCUT2D eigenvalue weighted by atomic mass is 10.2. The standard InChI is InChI=1S/C19H14BrFN4O2S/c20-14-9-12(5-6-15(14)21)18-23-19(27-24-18)16-4-1-7-25(16)11-17(26)22-10-13-3-2-8-28-13/h1-9H,10-11H2,(H,22,26). The molecule has 3 aromatic heterocycles. The Hall–Kier alpha value is -2.78. The zero-order valence-electron chi connectivity index (χ0n) is 14.4. The highest BCUT2D eigenvalue weighted by Crippen LogP contribution is 2.26. The van der Waals surface area contributed by atoms with E-state index < -0.39 is 0 Å². The normalized spacial score (nSPS) is 10.9. The molecule has 1 aromatic carbocycles. The van der Waals surface area contributed by atoms with Gasteiger partial charge >= 0.3 is 0 Å². The number of rotatable bonds is 6. The zero-order chi connectivity index (χ0) is 19.5. The Balaban J connectivity index is 1.48. The van der Waals surface area contributed by atoms with Crippen LogP contribution in [0, 0.1) is 5.82 Å². The Morgan fingerprint density at radius 1 is 1.29 bits per heavy atom. The first kappa shape index (κ1) is 18.6. The Morgan fingerprint density at radius 3 is 2.96 bits per heavy atom. The third-order valence-corrected chi connectivity index (χ3v) is 5.49. The van der Waals surface area contributed by atoms with Crippen LogP contribution in [0.25, 0.3) is 23.0 Å². The van der Waals surface area contributed by atoms with Crippen LogP contribution in [0.3, 0.4) is 0 Å². The molecule has 4 aromatic rings. The molecule has 1 N–H and O–H groups in total. The summed E-state index contributed by atoms with van der Waals surface area (Å²) in [6, 6.07) is 12.0. The molecule has 3 heterocycles. The number of halogens is 2. The number of carbonyl (C=O) groups is 1. The molecule has 0 radical (unpaired) electrons. The average Bonchev–Trinajstić information content (AvgIpc) is 3.43. The van der Waals surface area contributed by atoms with E-state index in [2.05, 4.69) is 31.4 Å². The number of thiophene rings is 1. The first-order chi connectivity index (χ1) is 13.6. The van der Waals surface area contributed by atoms with Crippen molar-refractivity contribution in [3.63, 3.8) is 0 Å². The summed E-state index contributed by atoms with van der Waals surface area (Å²) >= 11 is 4.74. The van der Waals surface area contributed by atoms with E-state index in [1.807, 2.05) is 17.5 Å². The molecule has 0 saturated heterocycles. The predicted octanol–water partition coefficient (Wildman–Crippen LogP) is 4.48. The number of aromatic nitrogens is 3. The van der Waals surface area contributed by atoms with Crippen molar-refractivity contribution in [1.29, 1.82) is 0 Å². The van der Waals surface area contributed by atoms with E-state index in [0.29, 0.717) is 28.1 Å². The van der Waals surface area contributed by atoms with Crippen LogP contribution in [0.5, 0.6) is 0 Å². The lowest BCUT2D eigenvalue weighted by Crippen LogP contribution is -2.26. The van der Waals surface area contributed by atoms with Gasteiger partial charge in [-0.1, -0.05) is 11.2 Å². The Morgan fingerprint density at radius 2 is 2.18 bits per heavy atom. The first-order valence-corrected chi connectivity index (χ1v) is 10.0. The van der Waals surface area contributed by atoms with Gasteiger partial charge in [-0.05, 0) is 57.7 Å². The Bertz CT molecular complexity index is 1110. The number of hydrogen-bond donors (Lipinski definition) is 1. The molecule has 0 atom stereocenters. The molecule has 0 fully saturated rings. The van der Waals surface area contributed by atoms with Gasteiger partial charge in [0.2, 0.25) is 11.7 Å². The van der Waals surface area contributed by atoms with Crippen molar-refractivity contribution in [2.75, 3.05) is 0 Å². The van der Waals surface area contributed by atoms with Crippen LogP contribution in [-0.4, -0.2) is 20.6 Å². The minimum Gasteiger partial charge on any atom is -0.350 e. The number of nitrogens with zero attached hydrogens (tertiary/aromatic N) is 3. The third-order valence-electron chi connectivity index (χ3n) is 4.01. The van der Waals surface area contributed by atoms with E-state index in [9.17, 15) is 9.18 Å². The summed E-state index contributed by atoms with van der Waals surface area (Å²) in [5.41, 5.74) is 1.25. The van der Waals surface area contributed by atoms with Gasteiger partial charge in [-0.3, -0.25) is 4.79 Å².